The number of hydrogen-bond donors (Lipinski definition) is 1. The molecule has 0 saturated heterocycles. The Labute approximate surface area is 176 Å². The molecule has 0 amide bonds. The van der Waals surface area contributed by atoms with Crippen LogP contribution < -0.4 is 14.8 Å². The van der Waals surface area contributed by atoms with Crippen molar-refractivity contribution >= 4 is 5.69 Å². The lowest BCUT2D eigenvalue weighted by molar-refractivity contribution is 0.234. The highest BCUT2D eigenvalue weighted by Gasteiger charge is 2.13. The van der Waals surface area contributed by atoms with Gasteiger partial charge in [-0.05, 0) is 67.1 Å². The highest BCUT2D eigenvalue weighted by Crippen LogP contribution is 2.26. The maximum absolute atomic E-state index is 6.02. The second-order valence-corrected chi connectivity index (χ2v) is 8.70. The molecule has 1 fully saturated rings. The van der Waals surface area contributed by atoms with Crippen molar-refractivity contribution in [3.63, 3.8) is 0 Å². The number of benzene rings is 2. The largest absolute Gasteiger partial charge is 0.494 e. The van der Waals surface area contributed by atoms with E-state index in [1.54, 1.807) is 0 Å². The van der Waals surface area contributed by atoms with Crippen molar-refractivity contribution in [2.24, 2.45) is 5.92 Å². The third-order valence-electron chi connectivity index (χ3n) is 5.85. The summed E-state index contributed by atoms with van der Waals surface area (Å²) in [6.45, 7) is 8.09. The number of ether oxygens (including phenoxy) is 2. The van der Waals surface area contributed by atoms with Gasteiger partial charge in [0.05, 0.1) is 13.2 Å². The third-order valence-corrected chi connectivity index (χ3v) is 5.85. The molecule has 1 aliphatic rings. The average Bonchev–Trinajstić information content (AvgIpc) is 2.74. The van der Waals surface area contributed by atoms with Crippen LogP contribution in [0.3, 0.4) is 0 Å². The molecule has 0 aromatic heterocycles. The van der Waals surface area contributed by atoms with Crippen molar-refractivity contribution < 1.29 is 9.47 Å². The van der Waals surface area contributed by atoms with E-state index >= 15 is 0 Å². The maximum atomic E-state index is 6.02. The molecule has 3 rings (SSSR count). The zero-order chi connectivity index (χ0) is 20.5. The van der Waals surface area contributed by atoms with E-state index in [2.05, 4.69) is 74.6 Å². The topological polar surface area (TPSA) is 30.5 Å². The fourth-order valence-electron chi connectivity index (χ4n) is 3.96. The Kier molecular flexibility index (Phi) is 8.27. The Bertz CT molecular complexity index is 702. The van der Waals surface area contributed by atoms with Crippen molar-refractivity contribution in [2.75, 3.05) is 18.5 Å². The lowest BCUT2D eigenvalue weighted by atomic mass is 9.87. The van der Waals surface area contributed by atoms with Gasteiger partial charge in [0.15, 0.2) is 0 Å². The Morgan fingerprint density at radius 3 is 2.17 bits per heavy atom. The SMILES string of the molecule is CC(CNc1ccc(OCCC2CCCCC2)cc1)Oc1ccc(C(C)C)cc1. The van der Waals surface area contributed by atoms with Crippen LogP contribution in [0.25, 0.3) is 0 Å². The summed E-state index contributed by atoms with van der Waals surface area (Å²) < 4.78 is 12.0. The number of hydrogen-bond acceptors (Lipinski definition) is 3. The van der Waals surface area contributed by atoms with Crippen molar-refractivity contribution in [3.05, 3.63) is 54.1 Å². The molecule has 29 heavy (non-hydrogen) atoms. The first-order chi connectivity index (χ1) is 14.1. The summed E-state index contributed by atoms with van der Waals surface area (Å²) in [5, 5.41) is 3.45. The molecule has 158 valence electrons. The standard InChI is InChI=1S/C26H37NO2/c1-20(2)23-9-13-26(14-10-23)29-21(3)19-27-24-11-15-25(16-12-24)28-18-17-22-7-5-4-6-8-22/h9-16,20-22,27H,4-8,17-19H2,1-3H3. The second-order valence-electron chi connectivity index (χ2n) is 8.70. The maximum Gasteiger partial charge on any atom is 0.119 e. The summed E-state index contributed by atoms with van der Waals surface area (Å²) in [6.07, 6.45) is 8.26. The highest BCUT2D eigenvalue weighted by molar-refractivity contribution is 5.46. The number of anilines is 1. The van der Waals surface area contributed by atoms with Gasteiger partial charge in [-0.1, -0.05) is 58.1 Å². The average molecular weight is 396 g/mol. The Balaban J connectivity index is 1.36. The van der Waals surface area contributed by atoms with Gasteiger partial charge < -0.3 is 14.8 Å². The summed E-state index contributed by atoms with van der Waals surface area (Å²) in [5.41, 5.74) is 2.43. The van der Waals surface area contributed by atoms with Gasteiger partial charge in [0.1, 0.15) is 17.6 Å². The van der Waals surface area contributed by atoms with E-state index in [9.17, 15) is 0 Å². The van der Waals surface area contributed by atoms with E-state index in [1.165, 1.54) is 44.1 Å². The molecule has 0 radical (unpaired) electrons. The molecule has 2 aromatic carbocycles. The lowest BCUT2D eigenvalue weighted by Gasteiger charge is -2.21. The normalized spacial score (nSPS) is 15.9. The first-order valence-electron chi connectivity index (χ1n) is 11.3. The van der Waals surface area contributed by atoms with Crippen LogP contribution >= 0.6 is 0 Å². The zero-order valence-corrected chi connectivity index (χ0v) is 18.3. The quantitative estimate of drug-likeness (QED) is 0.468. The van der Waals surface area contributed by atoms with Gasteiger partial charge in [0.2, 0.25) is 0 Å². The minimum absolute atomic E-state index is 0.0892. The fraction of sp³-hybridized carbons (Fsp3) is 0.538. The summed E-state index contributed by atoms with van der Waals surface area (Å²) in [5.74, 6) is 3.29. The molecule has 2 aromatic rings. The van der Waals surface area contributed by atoms with Gasteiger partial charge in [0.25, 0.3) is 0 Å². The first-order valence-corrected chi connectivity index (χ1v) is 11.3. The first kappa shape index (κ1) is 21.5. The molecular weight excluding hydrogens is 358 g/mol. The summed E-state index contributed by atoms with van der Waals surface area (Å²) in [7, 11) is 0. The monoisotopic (exact) mass is 395 g/mol. The van der Waals surface area contributed by atoms with E-state index in [0.717, 1.165) is 36.3 Å². The van der Waals surface area contributed by atoms with Gasteiger partial charge in [-0.2, -0.15) is 0 Å². The predicted molar refractivity (Wildman–Crippen MR) is 122 cm³/mol. The van der Waals surface area contributed by atoms with Crippen molar-refractivity contribution in [1.29, 1.82) is 0 Å². The third kappa shape index (κ3) is 7.30. The van der Waals surface area contributed by atoms with Gasteiger partial charge in [-0.3, -0.25) is 0 Å². The molecule has 0 aliphatic heterocycles. The highest BCUT2D eigenvalue weighted by atomic mass is 16.5. The summed E-state index contributed by atoms with van der Waals surface area (Å²) in [4.78, 5) is 0. The van der Waals surface area contributed by atoms with E-state index < -0.39 is 0 Å². The molecule has 1 N–H and O–H groups in total. The summed E-state index contributed by atoms with van der Waals surface area (Å²) >= 11 is 0. The number of nitrogens with one attached hydrogen (secondary N) is 1. The number of rotatable bonds is 10. The van der Waals surface area contributed by atoms with E-state index in [0.29, 0.717) is 5.92 Å². The molecule has 3 heteroatoms. The van der Waals surface area contributed by atoms with Gasteiger partial charge in [0, 0.05) is 5.69 Å². The summed E-state index contributed by atoms with van der Waals surface area (Å²) in [6, 6.07) is 16.7. The van der Waals surface area contributed by atoms with Crippen LogP contribution in [0.4, 0.5) is 5.69 Å². The van der Waals surface area contributed by atoms with Gasteiger partial charge in [-0.25, -0.2) is 0 Å². The molecule has 1 aliphatic carbocycles. The van der Waals surface area contributed by atoms with Crippen LogP contribution in [0.15, 0.2) is 48.5 Å². The molecular formula is C26H37NO2. The Morgan fingerprint density at radius 2 is 1.52 bits per heavy atom. The second kappa shape index (κ2) is 11.1. The van der Waals surface area contributed by atoms with E-state index in [1.807, 2.05) is 0 Å². The molecule has 0 bridgehead atoms. The van der Waals surface area contributed by atoms with Crippen LogP contribution in [0.2, 0.25) is 0 Å². The van der Waals surface area contributed by atoms with Crippen LogP contribution in [0, 0.1) is 5.92 Å². The molecule has 1 atom stereocenters. The zero-order valence-electron chi connectivity index (χ0n) is 18.3. The molecule has 0 spiro atoms. The van der Waals surface area contributed by atoms with Gasteiger partial charge in [-0.15, -0.1) is 0 Å². The lowest BCUT2D eigenvalue weighted by Crippen LogP contribution is -2.22. The minimum Gasteiger partial charge on any atom is -0.494 e. The Hall–Kier alpha value is -2.16. The minimum atomic E-state index is 0.0892. The van der Waals surface area contributed by atoms with Crippen LogP contribution in [0.1, 0.15) is 70.8 Å². The molecule has 1 saturated carbocycles. The molecule has 1 unspecified atom stereocenters. The van der Waals surface area contributed by atoms with Crippen LogP contribution in [-0.2, 0) is 0 Å². The van der Waals surface area contributed by atoms with Gasteiger partial charge >= 0.3 is 0 Å². The van der Waals surface area contributed by atoms with Crippen LogP contribution in [-0.4, -0.2) is 19.3 Å². The molecule has 3 nitrogen and oxygen atoms in total. The van der Waals surface area contributed by atoms with Crippen molar-refractivity contribution in [1.82, 2.24) is 0 Å². The smallest absolute Gasteiger partial charge is 0.119 e. The van der Waals surface area contributed by atoms with Crippen LogP contribution in [0.5, 0.6) is 11.5 Å². The predicted octanol–water partition coefficient (Wildman–Crippen LogP) is 7.04. The van der Waals surface area contributed by atoms with Crippen molar-refractivity contribution in [3.8, 4) is 11.5 Å². The van der Waals surface area contributed by atoms with E-state index in [-0.39, 0.29) is 6.10 Å². The fourth-order valence-corrected chi connectivity index (χ4v) is 3.96. The molecule has 0 heterocycles. The Morgan fingerprint density at radius 1 is 0.862 bits per heavy atom. The van der Waals surface area contributed by atoms with Crippen molar-refractivity contribution in [2.45, 2.75) is 71.3 Å². The van der Waals surface area contributed by atoms with E-state index in [4.69, 9.17) is 9.47 Å².